The van der Waals surface area contributed by atoms with Crippen molar-refractivity contribution in [2.45, 2.75) is 38.3 Å². The molecular weight excluding hydrogens is 464 g/mol. The van der Waals surface area contributed by atoms with Crippen molar-refractivity contribution in [2.75, 3.05) is 12.3 Å². The minimum absolute atomic E-state index is 0.0409. The molecular formula is C18H23BrN4O5S. The molecule has 1 atom stereocenters. The molecule has 0 aliphatic carbocycles. The number of halogens is 1. The summed E-state index contributed by atoms with van der Waals surface area (Å²) in [6, 6.07) is 5.19. The first-order chi connectivity index (χ1) is 13.5. The number of carboxylic acid groups (broad SMARTS) is 1. The maximum absolute atomic E-state index is 12.8. The number of sulfone groups is 1. The van der Waals surface area contributed by atoms with Crippen LogP contribution in [0.4, 0.5) is 0 Å². The highest BCUT2D eigenvalue weighted by molar-refractivity contribution is 9.10. The maximum Gasteiger partial charge on any atom is 0.328 e. The Balaban J connectivity index is 2.18. The molecule has 11 heteroatoms. The van der Waals surface area contributed by atoms with Crippen molar-refractivity contribution in [3.05, 3.63) is 40.6 Å². The number of amides is 1. The summed E-state index contributed by atoms with van der Waals surface area (Å²) in [6.45, 7) is 5.65. The van der Waals surface area contributed by atoms with Crippen LogP contribution in [-0.4, -0.2) is 57.6 Å². The van der Waals surface area contributed by atoms with Gasteiger partial charge in [0.2, 0.25) is 5.91 Å². The van der Waals surface area contributed by atoms with Gasteiger partial charge in [0.1, 0.15) is 17.5 Å². The molecule has 2 rings (SSSR count). The number of rotatable bonds is 9. The maximum atomic E-state index is 12.8. The van der Waals surface area contributed by atoms with Gasteiger partial charge in [-0.25, -0.2) is 17.9 Å². The number of aromatic nitrogens is 3. The van der Waals surface area contributed by atoms with Gasteiger partial charge in [-0.15, -0.1) is 5.10 Å². The smallest absolute Gasteiger partial charge is 0.328 e. The fraction of sp³-hybridized carbons (Fsp3) is 0.444. The normalized spacial score (nSPS) is 12.7. The Kier molecular flexibility index (Phi) is 7.53. The van der Waals surface area contributed by atoms with Crippen LogP contribution in [0.3, 0.4) is 0 Å². The molecule has 1 N–H and O–H groups in total. The Labute approximate surface area is 177 Å². The highest BCUT2D eigenvalue weighted by Crippen LogP contribution is 2.17. The van der Waals surface area contributed by atoms with Gasteiger partial charge in [0.25, 0.3) is 0 Å². The molecule has 9 nitrogen and oxygen atoms in total. The van der Waals surface area contributed by atoms with Crippen molar-refractivity contribution in [1.29, 1.82) is 0 Å². The van der Waals surface area contributed by atoms with E-state index in [0.29, 0.717) is 12.2 Å². The molecule has 0 spiro atoms. The van der Waals surface area contributed by atoms with Crippen LogP contribution in [0.2, 0.25) is 0 Å². The van der Waals surface area contributed by atoms with E-state index in [9.17, 15) is 18.0 Å². The molecule has 0 saturated carbocycles. The second-order valence-electron chi connectivity index (χ2n) is 7.09. The molecule has 2 aromatic rings. The van der Waals surface area contributed by atoms with Crippen LogP contribution in [0.5, 0.6) is 0 Å². The molecule has 29 heavy (non-hydrogen) atoms. The van der Waals surface area contributed by atoms with Crippen LogP contribution >= 0.6 is 15.9 Å². The van der Waals surface area contributed by atoms with Gasteiger partial charge in [-0.3, -0.25) is 4.79 Å². The van der Waals surface area contributed by atoms with Crippen molar-refractivity contribution >= 4 is 37.6 Å². The predicted molar refractivity (Wildman–Crippen MR) is 109 cm³/mol. The molecule has 0 bridgehead atoms. The molecule has 1 amide bonds. The number of aliphatic carboxylic acids is 1. The first kappa shape index (κ1) is 23.0. The van der Waals surface area contributed by atoms with Gasteiger partial charge in [0.15, 0.2) is 9.84 Å². The van der Waals surface area contributed by atoms with E-state index in [-0.39, 0.29) is 17.4 Å². The van der Waals surface area contributed by atoms with Gasteiger partial charge in [-0.2, -0.15) is 0 Å². The van der Waals surface area contributed by atoms with Crippen LogP contribution in [0, 0.1) is 5.92 Å². The van der Waals surface area contributed by atoms with Gasteiger partial charge >= 0.3 is 5.97 Å². The first-order valence-corrected chi connectivity index (χ1v) is 11.3. The lowest BCUT2D eigenvalue weighted by molar-refractivity contribution is -0.140. The summed E-state index contributed by atoms with van der Waals surface area (Å²) in [4.78, 5) is 25.3. The number of hydrogen-bond donors (Lipinski definition) is 1. The van der Waals surface area contributed by atoms with Gasteiger partial charge in [-0.05, 0) is 37.1 Å². The summed E-state index contributed by atoms with van der Waals surface area (Å²) < 4.78 is 27.1. The summed E-state index contributed by atoms with van der Waals surface area (Å²) in [6.07, 6.45) is 1.45. The summed E-state index contributed by atoms with van der Waals surface area (Å²) in [5.41, 5.74) is 0.383. The molecule has 0 saturated heterocycles. The third-order valence-electron chi connectivity index (χ3n) is 4.09. The van der Waals surface area contributed by atoms with Gasteiger partial charge in [-0.1, -0.05) is 35.0 Å². The van der Waals surface area contributed by atoms with E-state index < -0.39 is 33.5 Å². The fourth-order valence-electron chi connectivity index (χ4n) is 2.56. The fourth-order valence-corrected chi connectivity index (χ4v) is 4.05. The minimum atomic E-state index is -3.80. The monoisotopic (exact) mass is 486 g/mol. The molecule has 1 aromatic carbocycles. The zero-order chi connectivity index (χ0) is 21.8. The van der Waals surface area contributed by atoms with E-state index >= 15 is 0 Å². The van der Waals surface area contributed by atoms with E-state index in [1.54, 1.807) is 12.1 Å². The lowest BCUT2D eigenvalue weighted by atomic mass is 10.2. The zero-order valence-corrected chi connectivity index (χ0v) is 18.7. The molecule has 1 aromatic heterocycles. The van der Waals surface area contributed by atoms with E-state index in [1.807, 2.05) is 13.8 Å². The largest absolute Gasteiger partial charge is 0.480 e. The molecule has 0 aliphatic rings. The number of carbonyl (C=O) groups is 2. The molecule has 0 radical (unpaired) electrons. The summed E-state index contributed by atoms with van der Waals surface area (Å²) in [5.74, 6) is -2.18. The molecule has 0 fully saturated rings. The van der Waals surface area contributed by atoms with E-state index in [2.05, 4.69) is 26.2 Å². The summed E-state index contributed by atoms with van der Waals surface area (Å²) in [7, 11) is -3.80. The van der Waals surface area contributed by atoms with Gasteiger partial charge < -0.3 is 10.0 Å². The lowest BCUT2D eigenvalue weighted by Crippen LogP contribution is -2.37. The number of hydrogen-bond acceptors (Lipinski definition) is 6. The summed E-state index contributed by atoms with van der Waals surface area (Å²) >= 11 is 3.25. The minimum Gasteiger partial charge on any atom is -0.480 e. The summed E-state index contributed by atoms with van der Waals surface area (Å²) in [5, 5.41) is 16.8. The number of benzene rings is 1. The van der Waals surface area contributed by atoms with Gasteiger partial charge in [0, 0.05) is 11.0 Å². The highest BCUT2D eigenvalue weighted by Gasteiger charge is 2.25. The second kappa shape index (κ2) is 9.49. The molecule has 1 heterocycles. The molecule has 158 valence electrons. The predicted octanol–water partition coefficient (Wildman–Crippen LogP) is 2.14. The second-order valence-corrected chi connectivity index (χ2v) is 9.99. The SMILES string of the molecule is CC(C)CN(Cc1cn(C(C)C(=O)O)nn1)C(=O)CS(=O)(=O)c1ccc(Br)cc1. The van der Waals surface area contributed by atoms with Crippen molar-refractivity contribution in [3.8, 4) is 0 Å². The average molecular weight is 487 g/mol. The Morgan fingerprint density at radius 1 is 1.21 bits per heavy atom. The Morgan fingerprint density at radius 3 is 2.38 bits per heavy atom. The third-order valence-corrected chi connectivity index (χ3v) is 6.24. The van der Waals surface area contributed by atoms with Crippen molar-refractivity contribution in [3.63, 3.8) is 0 Å². The van der Waals surface area contributed by atoms with Gasteiger partial charge in [0.05, 0.1) is 17.6 Å². The van der Waals surface area contributed by atoms with E-state index in [0.717, 1.165) is 4.47 Å². The van der Waals surface area contributed by atoms with E-state index in [4.69, 9.17) is 5.11 Å². The molecule has 0 aliphatic heterocycles. The highest BCUT2D eigenvalue weighted by atomic mass is 79.9. The van der Waals surface area contributed by atoms with Crippen LogP contribution in [-0.2, 0) is 26.0 Å². The van der Waals surface area contributed by atoms with Crippen LogP contribution in [0.15, 0.2) is 39.8 Å². The Morgan fingerprint density at radius 2 is 1.83 bits per heavy atom. The van der Waals surface area contributed by atoms with Crippen LogP contribution in [0.1, 0.15) is 32.5 Å². The van der Waals surface area contributed by atoms with Crippen LogP contribution < -0.4 is 0 Å². The van der Waals surface area contributed by atoms with E-state index in [1.165, 1.54) is 34.8 Å². The van der Waals surface area contributed by atoms with Crippen LogP contribution in [0.25, 0.3) is 0 Å². The average Bonchev–Trinajstić information content (AvgIpc) is 3.08. The zero-order valence-electron chi connectivity index (χ0n) is 16.3. The number of carbonyl (C=O) groups excluding carboxylic acids is 1. The number of nitrogens with zero attached hydrogens (tertiary/aromatic N) is 4. The lowest BCUT2D eigenvalue weighted by Gasteiger charge is -2.23. The third kappa shape index (κ3) is 6.36. The Hall–Kier alpha value is -2.27. The number of carboxylic acids is 1. The topological polar surface area (TPSA) is 122 Å². The quantitative estimate of drug-likeness (QED) is 0.575. The first-order valence-electron chi connectivity index (χ1n) is 8.89. The van der Waals surface area contributed by atoms with Crippen molar-refractivity contribution < 1.29 is 23.1 Å². The Bertz CT molecular complexity index is 972. The molecule has 1 unspecified atom stereocenters. The van der Waals surface area contributed by atoms with Crippen molar-refractivity contribution in [1.82, 2.24) is 19.9 Å². The standard InChI is InChI=1S/C18H23BrN4O5S/c1-12(2)8-22(9-15-10-23(21-20-15)13(3)18(25)26)17(24)11-29(27,28)16-6-4-14(19)5-7-16/h4-7,10,12-13H,8-9,11H2,1-3H3,(H,25,26). The van der Waals surface area contributed by atoms with Crippen molar-refractivity contribution in [2.24, 2.45) is 5.92 Å².